The fourth-order valence-electron chi connectivity index (χ4n) is 2.75. The SMILES string of the molecule is COc1ccc2cc(C(=O)N(C)Cc3ccccc3Cl)c(C)nc2c1. The van der Waals surface area contributed by atoms with Gasteiger partial charge in [-0.2, -0.15) is 0 Å². The van der Waals surface area contributed by atoms with Gasteiger partial charge in [0.2, 0.25) is 0 Å². The molecule has 0 saturated carbocycles. The van der Waals surface area contributed by atoms with Crippen molar-refractivity contribution in [1.29, 1.82) is 0 Å². The molecule has 0 N–H and O–H groups in total. The summed E-state index contributed by atoms with van der Waals surface area (Å²) >= 11 is 6.19. The summed E-state index contributed by atoms with van der Waals surface area (Å²) in [6, 6.07) is 15.0. The summed E-state index contributed by atoms with van der Waals surface area (Å²) in [6.45, 7) is 2.29. The molecule has 3 rings (SSSR count). The summed E-state index contributed by atoms with van der Waals surface area (Å²) in [4.78, 5) is 19.1. The van der Waals surface area contributed by atoms with E-state index in [1.54, 1.807) is 19.1 Å². The van der Waals surface area contributed by atoms with Crippen molar-refractivity contribution in [2.24, 2.45) is 0 Å². The second-order valence-electron chi connectivity index (χ2n) is 5.93. The lowest BCUT2D eigenvalue weighted by atomic mass is 10.1. The van der Waals surface area contributed by atoms with Crippen LogP contribution in [0.5, 0.6) is 5.75 Å². The van der Waals surface area contributed by atoms with Gasteiger partial charge in [0.15, 0.2) is 0 Å². The van der Waals surface area contributed by atoms with Gasteiger partial charge in [0.1, 0.15) is 5.75 Å². The Bertz CT molecular complexity index is 940. The van der Waals surface area contributed by atoms with Gasteiger partial charge in [0.25, 0.3) is 5.91 Å². The third kappa shape index (κ3) is 3.59. The van der Waals surface area contributed by atoms with Gasteiger partial charge in [-0.25, -0.2) is 0 Å². The van der Waals surface area contributed by atoms with E-state index in [0.717, 1.165) is 22.2 Å². The van der Waals surface area contributed by atoms with E-state index in [1.807, 2.05) is 55.5 Å². The number of carbonyl (C=O) groups is 1. The summed E-state index contributed by atoms with van der Waals surface area (Å²) in [5, 5.41) is 1.56. The number of pyridine rings is 1. The van der Waals surface area contributed by atoms with E-state index in [0.29, 0.717) is 22.8 Å². The van der Waals surface area contributed by atoms with Crippen molar-refractivity contribution in [3.8, 4) is 5.75 Å². The highest BCUT2D eigenvalue weighted by Gasteiger charge is 2.17. The van der Waals surface area contributed by atoms with Gasteiger partial charge < -0.3 is 9.64 Å². The standard InChI is InChI=1S/C20H19ClN2O2/c1-13-17(10-14-8-9-16(25-3)11-19(14)22-13)20(24)23(2)12-15-6-4-5-7-18(15)21/h4-11H,12H2,1-3H3. The van der Waals surface area contributed by atoms with Crippen molar-refractivity contribution in [2.75, 3.05) is 14.2 Å². The zero-order valence-corrected chi connectivity index (χ0v) is 15.2. The Hall–Kier alpha value is -2.59. The Kier molecular flexibility index (Phi) is 4.91. The van der Waals surface area contributed by atoms with Gasteiger partial charge in [0, 0.05) is 30.1 Å². The smallest absolute Gasteiger partial charge is 0.255 e. The number of fused-ring (bicyclic) bond motifs is 1. The van der Waals surface area contributed by atoms with Crippen LogP contribution in [-0.2, 0) is 6.54 Å². The topological polar surface area (TPSA) is 42.4 Å². The summed E-state index contributed by atoms with van der Waals surface area (Å²) in [6.07, 6.45) is 0. The Morgan fingerprint density at radius 2 is 1.96 bits per heavy atom. The highest BCUT2D eigenvalue weighted by molar-refractivity contribution is 6.31. The summed E-state index contributed by atoms with van der Waals surface area (Å²) in [7, 11) is 3.39. The minimum Gasteiger partial charge on any atom is -0.497 e. The van der Waals surface area contributed by atoms with Gasteiger partial charge in [-0.05, 0) is 36.8 Å². The molecule has 0 unspecified atom stereocenters. The fraction of sp³-hybridized carbons (Fsp3) is 0.200. The second-order valence-corrected chi connectivity index (χ2v) is 6.34. The van der Waals surface area contributed by atoms with Crippen LogP contribution in [0.4, 0.5) is 0 Å². The first kappa shape index (κ1) is 17.2. The lowest BCUT2D eigenvalue weighted by Gasteiger charge is -2.19. The second kappa shape index (κ2) is 7.11. The minimum atomic E-state index is -0.0809. The van der Waals surface area contributed by atoms with Gasteiger partial charge in [-0.15, -0.1) is 0 Å². The maximum atomic E-state index is 12.9. The predicted octanol–water partition coefficient (Wildman–Crippen LogP) is 4.48. The van der Waals surface area contributed by atoms with Crippen molar-refractivity contribution in [3.63, 3.8) is 0 Å². The molecule has 0 atom stereocenters. The molecule has 0 spiro atoms. The molecular formula is C20H19ClN2O2. The van der Waals surface area contributed by atoms with Crippen LogP contribution in [0.1, 0.15) is 21.6 Å². The van der Waals surface area contributed by atoms with Gasteiger partial charge in [0.05, 0.1) is 23.9 Å². The van der Waals surface area contributed by atoms with Crippen LogP contribution in [0, 0.1) is 6.92 Å². The van der Waals surface area contributed by atoms with Gasteiger partial charge in [-0.3, -0.25) is 9.78 Å². The lowest BCUT2D eigenvalue weighted by Crippen LogP contribution is -2.27. The molecule has 25 heavy (non-hydrogen) atoms. The number of rotatable bonds is 4. The molecule has 0 fully saturated rings. The zero-order valence-electron chi connectivity index (χ0n) is 14.4. The van der Waals surface area contributed by atoms with Crippen LogP contribution in [-0.4, -0.2) is 29.9 Å². The van der Waals surface area contributed by atoms with E-state index >= 15 is 0 Å². The van der Waals surface area contributed by atoms with Crippen molar-refractivity contribution >= 4 is 28.4 Å². The number of aryl methyl sites for hydroxylation is 1. The van der Waals surface area contributed by atoms with Crippen LogP contribution in [0.25, 0.3) is 10.9 Å². The molecule has 0 aliphatic carbocycles. The highest BCUT2D eigenvalue weighted by atomic mass is 35.5. The van der Waals surface area contributed by atoms with E-state index in [4.69, 9.17) is 16.3 Å². The number of methoxy groups -OCH3 is 1. The molecule has 0 aliphatic rings. The molecule has 1 heterocycles. The number of hydrogen-bond acceptors (Lipinski definition) is 3. The number of hydrogen-bond donors (Lipinski definition) is 0. The van der Waals surface area contributed by atoms with E-state index in [9.17, 15) is 4.79 Å². The number of ether oxygens (including phenoxy) is 1. The average Bonchev–Trinajstić information content (AvgIpc) is 2.61. The molecule has 3 aromatic rings. The van der Waals surface area contributed by atoms with Crippen LogP contribution in [0.3, 0.4) is 0 Å². The quantitative estimate of drug-likeness (QED) is 0.693. The van der Waals surface area contributed by atoms with E-state index in [1.165, 1.54) is 0 Å². The maximum absolute atomic E-state index is 12.9. The number of benzene rings is 2. The Balaban J connectivity index is 1.91. The third-order valence-corrected chi connectivity index (χ3v) is 4.53. The summed E-state index contributed by atoms with van der Waals surface area (Å²) < 4.78 is 5.23. The number of nitrogens with zero attached hydrogens (tertiary/aromatic N) is 2. The summed E-state index contributed by atoms with van der Waals surface area (Å²) in [5.74, 6) is 0.664. The normalized spacial score (nSPS) is 10.7. The van der Waals surface area contributed by atoms with Gasteiger partial charge >= 0.3 is 0 Å². The van der Waals surface area contributed by atoms with Crippen molar-refractivity contribution in [3.05, 3.63) is 70.4 Å². The Morgan fingerprint density at radius 1 is 1.20 bits per heavy atom. The first-order valence-corrected chi connectivity index (χ1v) is 8.31. The van der Waals surface area contributed by atoms with E-state index < -0.39 is 0 Å². The molecular weight excluding hydrogens is 336 g/mol. The van der Waals surface area contributed by atoms with Crippen molar-refractivity contribution < 1.29 is 9.53 Å². The monoisotopic (exact) mass is 354 g/mol. The maximum Gasteiger partial charge on any atom is 0.255 e. The first-order chi connectivity index (χ1) is 12.0. The minimum absolute atomic E-state index is 0.0809. The van der Waals surface area contributed by atoms with Crippen molar-refractivity contribution in [2.45, 2.75) is 13.5 Å². The molecule has 0 aliphatic heterocycles. The lowest BCUT2D eigenvalue weighted by molar-refractivity contribution is 0.0784. The molecule has 5 heteroatoms. The van der Waals surface area contributed by atoms with E-state index in [-0.39, 0.29) is 5.91 Å². The summed E-state index contributed by atoms with van der Waals surface area (Å²) in [5.41, 5.74) is 3.00. The number of halogens is 1. The predicted molar refractivity (Wildman–Crippen MR) is 100 cm³/mol. The molecule has 128 valence electrons. The number of amides is 1. The molecule has 1 aromatic heterocycles. The first-order valence-electron chi connectivity index (χ1n) is 7.94. The average molecular weight is 355 g/mol. The molecule has 0 radical (unpaired) electrons. The van der Waals surface area contributed by atoms with Crippen LogP contribution in [0.2, 0.25) is 5.02 Å². The van der Waals surface area contributed by atoms with Crippen LogP contribution in [0.15, 0.2) is 48.5 Å². The molecule has 0 saturated heterocycles. The molecule has 4 nitrogen and oxygen atoms in total. The fourth-order valence-corrected chi connectivity index (χ4v) is 2.94. The third-order valence-electron chi connectivity index (χ3n) is 4.16. The number of aromatic nitrogens is 1. The Morgan fingerprint density at radius 3 is 2.68 bits per heavy atom. The molecule has 0 bridgehead atoms. The van der Waals surface area contributed by atoms with Crippen LogP contribution >= 0.6 is 11.6 Å². The van der Waals surface area contributed by atoms with Gasteiger partial charge in [-0.1, -0.05) is 29.8 Å². The largest absolute Gasteiger partial charge is 0.497 e. The Labute approximate surface area is 152 Å². The number of carbonyl (C=O) groups excluding carboxylic acids is 1. The van der Waals surface area contributed by atoms with E-state index in [2.05, 4.69) is 4.98 Å². The van der Waals surface area contributed by atoms with Crippen molar-refractivity contribution in [1.82, 2.24) is 9.88 Å². The highest BCUT2D eigenvalue weighted by Crippen LogP contribution is 2.23. The zero-order chi connectivity index (χ0) is 18.0. The van der Waals surface area contributed by atoms with Crippen LogP contribution < -0.4 is 4.74 Å². The molecule has 1 amide bonds. The molecule has 2 aromatic carbocycles.